The Morgan fingerprint density at radius 2 is 2.14 bits per heavy atom. The van der Waals surface area contributed by atoms with Crippen LogP contribution in [0.4, 0.5) is 4.39 Å². The van der Waals surface area contributed by atoms with Gasteiger partial charge in [-0.2, -0.15) is 4.98 Å². The van der Waals surface area contributed by atoms with Gasteiger partial charge in [-0.25, -0.2) is 4.39 Å². The van der Waals surface area contributed by atoms with Crippen molar-refractivity contribution >= 4 is 5.97 Å². The Morgan fingerprint density at radius 3 is 2.76 bits per heavy atom. The molecule has 0 unspecified atom stereocenters. The lowest BCUT2D eigenvalue weighted by molar-refractivity contribution is -0.144. The number of carbonyl (C=O) groups is 1. The minimum atomic E-state index is -0.815. The molecule has 1 aliphatic rings. The van der Waals surface area contributed by atoms with Crippen LogP contribution in [0.2, 0.25) is 0 Å². The number of esters is 1. The fourth-order valence-corrected chi connectivity index (χ4v) is 2.16. The Labute approximate surface area is 119 Å². The molecule has 1 saturated carbocycles. The van der Waals surface area contributed by atoms with Crippen molar-refractivity contribution in [2.75, 3.05) is 14.2 Å². The number of rotatable bonds is 4. The van der Waals surface area contributed by atoms with E-state index in [4.69, 9.17) is 14.0 Å². The van der Waals surface area contributed by atoms with E-state index in [9.17, 15) is 9.18 Å². The summed E-state index contributed by atoms with van der Waals surface area (Å²) in [6.45, 7) is 0. The number of aromatic nitrogens is 2. The monoisotopic (exact) mass is 292 g/mol. The van der Waals surface area contributed by atoms with Crippen LogP contribution >= 0.6 is 0 Å². The molecule has 1 heterocycles. The molecule has 0 bridgehead atoms. The minimum Gasteiger partial charge on any atom is -0.494 e. The number of carbonyl (C=O) groups excluding carboxylic acids is 1. The molecule has 6 nitrogen and oxygen atoms in total. The second-order valence-electron chi connectivity index (χ2n) is 4.85. The second-order valence-corrected chi connectivity index (χ2v) is 4.85. The summed E-state index contributed by atoms with van der Waals surface area (Å²) in [5, 5.41) is 3.84. The highest BCUT2D eigenvalue weighted by Crippen LogP contribution is 2.48. The van der Waals surface area contributed by atoms with E-state index >= 15 is 0 Å². The van der Waals surface area contributed by atoms with E-state index in [2.05, 4.69) is 10.1 Å². The van der Waals surface area contributed by atoms with Crippen LogP contribution in [0.3, 0.4) is 0 Å². The smallest absolute Gasteiger partial charge is 0.321 e. The van der Waals surface area contributed by atoms with Crippen molar-refractivity contribution < 1.29 is 23.2 Å². The first-order valence-corrected chi connectivity index (χ1v) is 6.37. The van der Waals surface area contributed by atoms with Gasteiger partial charge >= 0.3 is 5.97 Å². The van der Waals surface area contributed by atoms with Gasteiger partial charge in [0.2, 0.25) is 11.7 Å². The van der Waals surface area contributed by atoms with Gasteiger partial charge in [-0.15, -0.1) is 0 Å². The van der Waals surface area contributed by atoms with Gasteiger partial charge in [-0.1, -0.05) is 5.16 Å². The molecule has 3 rings (SSSR count). The van der Waals surface area contributed by atoms with Gasteiger partial charge < -0.3 is 14.0 Å². The van der Waals surface area contributed by atoms with E-state index in [1.165, 1.54) is 32.4 Å². The van der Waals surface area contributed by atoms with Gasteiger partial charge in [0.1, 0.15) is 5.41 Å². The predicted molar refractivity (Wildman–Crippen MR) is 69.2 cm³/mol. The molecular weight excluding hydrogens is 279 g/mol. The molecule has 21 heavy (non-hydrogen) atoms. The molecule has 1 aliphatic carbocycles. The molecular formula is C14H13FN2O4. The molecule has 1 fully saturated rings. The van der Waals surface area contributed by atoms with Crippen LogP contribution in [0, 0.1) is 5.82 Å². The summed E-state index contributed by atoms with van der Waals surface area (Å²) in [4.78, 5) is 16.0. The Kier molecular flexibility index (Phi) is 3.12. The summed E-state index contributed by atoms with van der Waals surface area (Å²) in [5.74, 6) is -0.258. The summed E-state index contributed by atoms with van der Waals surface area (Å²) in [7, 11) is 2.70. The summed E-state index contributed by atoms with van der Waals surface area (Å²) in [6, 6.07) is 4.25. The Hall–Kier alpha value is -2.44. The fourth-order valence-electron chi connectivity index (χ4n) is 2.16. The van der Waals surface area contributed by atoms with E-state index in [0.29, 0.717) is 18.4 Å². The maximum absolute atomic E-state index is 13.4. The van der Waals surface area contributed by atoms with Crippen LogP contribution in [0.5, 0.6) is 5.75 Å². The lowest BCUT2D eigenvalue weighted by Gasteiger charge is -2.05. The fraction of sp³-hybridized carbons (Fsp3) is 0.357. The standard InChI is InChI=1S/C14H13FN2O4/c1-19-10-7-8(3-4-9(10)15)11-16-12(21-17-11)14(5-6-14)13(18)20-2/h3-4,7H,5-6H2,1-2H3. The first-order chi connectivity index (χ1) is 10.1. The first kappa shape index (κ1) is 13.5. The zero-order valence-electron chi connectivity index (χ0n) is 11.6. The third-order valence-electron chi connectivity index (χ3n) is 3.57. The van der Waals surface area contributed by atoms with E-state index in [-0.39, 0.29) is 23.4 Å². The van der Waals surface area contributed by atoms with Crippen molar-refractivity contribution in [2.45, 2.75) is 18.3 Å². The minimum absolute atomic E-state index is 0.0907. The van der Waals surface area contributed by atoms with Crippen molar-refractivity contribution in [1.82, 2.24) is 10.1 Å². The second kappa shape index (κ2) is 4.83. The van der Waals surface area contributed by atoms with Gasteiger partial charge in [-0.3, -0.25) is 4.79 Å². The number of hydrogen-bond acceptors (Lipinski definition) is 6. The molecule has 0 saturated heterocycles. The van der Waals surface area contributed by atoms with Gasteiger partial charge in [0.15, 0.2) is 11.6 Å². The number of methoxy groups -OCH3 is 2. The molecule has 0 aliphatic heterocycles. The summed E-state index contributed by atoms with van der Waals surface area (Å²) in [6.07, 6.45) is 1.24. The quantitative estimate of drug-likeness (QED) is 0.803. The number of halogens is 1. The van der Waals surface area contributed by atoms with Crippen LogP contribution in [0.15, 0.2) is 22.7 Å². The molecule has 2 aromatic rings. The Morgan fingerprint density at radius 1 is 1.38 bits per heavy atom. The van der Waals surface area contributed by atoms with Crippen LogP contribution in [0.25, 0.3) is 11.4 Å². The summed E-state index contributed by atoms with van der Waals surface area (Å²) >= 11 is 0. The molecule has 7 heteroatoms. The molecule has 0 amide bonds. The third-order valence-corrected chi connectivity index (χ3v) is 3.57. The lowest BCUT2D eigenvalue weighted by atomic mass is 10.1. The number of benzene rings is 1. The van der Waals surface area contributed by atoms with Crippen LogP contribution < -0.4 is 4.74 Å². The molecule has 0 N–H and O–H groups in total. The van der Waals surface area contributed by atoms with Gasteiger partial charge in [0, 0.05) is 5.56 Å². The SMILES string of the molecule is COC(=O)C1(c2nc(-c3ccc(F)c(OC)c3)no2)CC1. The Balaban J connectivity index is 1.94. The molecule has 110 valence electrons. The highest BCUT2D eigenvalue weighted by atomic mass is 19.1. The molecule has 1 aromatic heterocycles. The maximum atomic E-state index is 13.4. The van der Waals surface area contributed by atoms with Crippen molar-refractivity contribution in [3.63, 3.8) is 0 Å². The summed E-state index contributed by atoms with van der Waals surface area (Å²) in [5.41, 5.74) is -0.270. The first-order valence-electron chi connectivity index (χ1n) is 6.37. The molecule has 0 atom stereocenters. The molecule has 0 radical (unpaired) electrons. The highest BCUT2D eigenvalue weighted by molar-refractivity contribution is 5.85. The normalized spacial score (nSPS) is 15.6. The van der Waals surface area contributed by atoms with E-state index in [1.807, 2.05) is 0 Å². The van der Waals surface area contributed by atoms with Gasteiger partial charge in [0.05, 0.1) is 14.2 Å². The van der Waals surface area contributed by atoms with Crippen molar-refractivity contribution in [3.05, 3.63) is 29.9 Å². The van der Waals surface area contributed by atoms with Crippen molar-refractivity contribution in [3.8, 4) is 17.1 Å². The van der Waals surface area contributed by atoms with E-state index in [1.54, 1.807) is 0 Å². The van der Waals surface area contributed by atoms with E-state index in [0.717, 1.165) is 0 Å². The number of hydrogen-bond donors (Lipinski definition) is 0. The highest BCUT2D eigenvalue weighted by Gasteiger charge is 2.57. The molecule has 1 aromatic carbocycles. The Bertz CT molecular complexity index is 694. The maximum Gasteiger partial charge on any atom is 0.321 e. The van der Waals surface area contributed by atoms with Crippen molar-refractivity contribution in [2.24, 2.45) is 0 Å². The zero-order valence-corrected chi connectivity index (χ0v) is 11.6. The van der Waals surface area contributed by atoms with Gasteiger partial charge in [-0.05, 0) is 31.0 Å². The zero-order chi connectivity index (χ0) is 15.0. The summed E-state index contributed by atoms with van der Waals surface area (Å²) < 4.78 is 28.2. The lowest BCUT2D eigenvalue weighted by Crippen LogP contribution is -2.22. The predicted octanol–water partition coefficient (Wildman–Crippen LogP) is 2.09. The van der Waals surface area contributed by atoms with Crippen LogP contribution in [-0.4, -0.2) is 30.3 Å². The van der Waals surface area contributed by atoms with Crippen LogP contribution in [0.1, 0.15) is 18.7 Å². The van der Waals surface area contributed by atoms with Gasteiger partial charge in [0.25, 0.3) is 0 Å². The molecule has 0 spiro atoms. The van der Waals surface area contributed by atoms with Crippen molar-refractivity contribution in [1.29, 1.82) is 0 Å². The van der Waals surface area contributed by atoms with Crippen LogP contribution in [-0.2, 0) is 14.9 Å². The largest absolute Gasteiger partial charge is 0.494 e. The average molecular weight is 292 g/mol. The third kappa shape index (κ3) is 2.14. The number of ether oxygens (including phenoxy) is 2. The van der Waals surface area contributed by atoms with E-state index < -0.39 is 11.2 Å². The number of nitrogens with zero attached hydrogens (tertiary/aromatic N) is 2. The topological polar surface area (TPSA) is 74.5 Å². The average Bonchev–Trinajstić information content (AvgIpc) is 3.17.